The molecule has 0 unspecified atom stereocenters. The highest BCUT2D eigenvalue weighted by atomic mass is 35.5. The van der Waals surface area contributed by atoms with Crippen molar-refractivity contribution in [3.63, 3.8) is 0 Å². The van der Waals surface area contributed by atoms with Crippen LogP contribution in [0.1, 0.15) is 16.2 Å². The monoisotopic (exact) mass is 356 g/mol. The average Bonchev–Trinajstić information content (AvgIpc) is 3.02. The molecule has 0 aliphatic heterocycles. The largest absolute Gasteiger partial charge is 0.355 e. The quantitative estimate of drug-likeness (QED) is 0.560. The van der Waals surface area contributed by atoms with E-state index in [4.69, 9.17) is 11.6 Å². The molecule has 0 radical (unpaired) electrons. The Bertz CT molecular complexity index is 908. The Morgan fingerprint density at radius 3 is 2.68 bits per heavy atom. The van der Waals surface area contributed by atoms with Crippen LogP contribution in [0.5, 0.6) is 0 Å². The number of aromatic amines is 1. The first kappa shape index (κ1) is 16.8. The fourth-order valence-corrected chi connectivity index (χ4v) is 2.44. The van der Waals surface area contributed by atoms with Crippen LogP contribution in [0.3, 0.4) is 0 Å². The number of aryl methyl sites for hydroxylation is 1. The van der Waals surface area contributed by atoms with Crippen LogP contribution in [-0.4, -0.2) is 27.9 Å². The van der Waals surface area contributed by atoms with E-state index < -0.39 is 0 Å². The molecule has 0 aliphatic carbocycles. The number of pyridine rings is 1. The number of anilines is 4. The van der Waals surface area contributed by atoms with E-state index in [0.29, 0.717) is 33.6 Å². The molecule has 3 rings (SSSR count). The van der Waals surface area contributed by atoms with Crippen LogP contribution in [0.25, 0.3) is 0 Å². The van der Waals surface area contributed by atoms with Gasteiger partial charge in [-0.25, -0.2) is 9.97 Å². The SMILES string of the molecule is CNC(=O)c1ccccc1Nc1cc(Nc2c[nH]c(C)n2)ncc1Cl. The standard InChI is InChI=1S/C17H17ClN6O/c1-10-20-9-16(22-10)24-15-7-14(12(18)8-21-15)23-13-6-4-3-5-11(13)17(25)19-2/h3-9H,1-2H3,(H,19,25)(H,20,22)(H2,21,23,24). The molecule has 0 saturated heterocycles. The molecule has 0 atom stereocenters. The number of hydrogen-bond donors (Lipinski definition) is 4. The summed E-state index contributed by atoms with van der Waals surface area (Å²) >= 11 is 6.24. The number of carbonyl (C=O) groups is 1. The zero-order valence-electron chi connectivity index (χ0n) is 13.7. The molecule has 7 nitrogen and oxygen atoms in total. The molecule has 8 heteroatoms. The van der Waals surface area contributed by atoms with Crippen molar-refractivity contribution >= 4 is 40.5 Å². The number of hydrogen-bond acceptors (Lipinski definition) is 5. The number of benzene rings is 1. The van der Waals surface area contributed by atoms with Gasteiger partial charge in [0.1, 0.15) is 17.5 Å². The number of amides is 1. The highest BCUT2D eigenvalue weighted by molar-refractivity contribution is 6.33. The molecule has 0 bridgehead atoms. The molecule has 0 saturated carbocycles. The van der Waals surface area contributed by atoms with E-state index >= 15 is 0 Å². The fraction of sp³-hybridized carbons (Fsp3) is 0.118. The maximum Gasteiger partial charge on any atom is 0.253 e. The number of para-hydroxylation sites is 1. The number of halogens is 1. The van der Waals surface area contributed by atoms with Crippen molar-refractivity contribution in [1.29, 1.82) is 0 Å². The summed E-state index contributed by atoms with van der Waals surface area (Å²) in [6.07, 6.45) is 3.29. The van der Waals surface area contributed by atoms with Gasteiger partial charge in [0, 0.05) is 19.3 Å². The number of carbonyl (C=O) groups excluding carboxylic acids is 1. The Hall–Kier alpha value is -3.06. The van der Waals surface area contributed by atoms with Crippen LogP contribution in [0.2, 0.25) is 5.02 Å². The molecule has 1 amide bonds. The van der Waals surface area contributed by atoms with Crippen molar-refractivity contribution in [1.82, 2.24) is 20.3 Å². The molecule has 4 N–H and O–H groups in total. The second-order valence-corrected chi connectivity index (χ2v) is 5.70. The summed E-state index contributed by atoms with van der Waals surface area (Å²) < 4.78 is 0. The molecule has 0 aliphatic rings. The van der Waals surface area contributed by atoms with Gasteiger partial charge < -0.3 is 20.9 Å². The molecule has 1 aromatic carbocycles. The lowest BCUT2D eigenvalue weighted by atomic mass is 10.1. The lowest BCUT2D eigenvalue weighted by Crippen LogP contribution is -2.19. The predicted octanol–water partition coefficient (Wildman–Crippen LogP) is 3.61. The lowest BCUT2D eigenvalue weighted by Gasteiger charge is -2.13. The first-order valence-corrected chi connectivity index (χ1v) is 7.97. The molecule has 3 aromatic rings. The summed E-state index contributed by atoms with van der Waals surface area (Å²) in [6.45, 7) is 1.86. The van der Waals surface area contributed by atoms with E-state index in [0.717, 1.165) is 5.82 Å². The van der Waals surface area contributed by atoms with Gasteiger partial charge in [-0.1, -0.05) is 23.7 Å². The molecule has 2 heterocycles. The third-order valence-electron chi connectivity index (χ3n) is 3.49. The van der Waals surface area contributed by atoms with Gasteiger partial charge in [-0.2, -0.15) is 0 Å². The minimum absolute atomic E-state index is 0.182. The van der Waals surface area contributed by atoms with Crippen LogP contribution in [0, 0.1) is 6.92 Å². The molecule has 128 valence electrons. The van der Waals surface area contributed by atoms with Gasteiger partial charge in [0.2, 0.25) is 0 Å². The van der Waals surface area contributed by atoms with Crippen LogP contribution >= 0.6 is 11.6 Å². The Labute approximate surface area is 149 Å². The number of nitrogens with zero attached hydrogens (tertiary/aromatic N) is 2. The second kappa shape index (κ2) is 7.23. The number of imidazole rings is 1. The zero-order chi connectivity index (χ0) is 17.8. The van der Waals surface area contributed by atoms with Crippen molar-refractivity contribution in [3.8, 4) is 0 Å². The molecular weight excluding hydrogens is 340 g/mol. The topological polar surface area (TPSA) is 94.7 Å². The van der Waals surface area contributed by atoms with E-state index in [-0.39, 0.29) is 5.91 Å². The normalized spacial score (nSPS) is 10.4. The number of H-pyrrole nitrogens is 1. The highest BCUT2D eigenvalue weighted by Crippen LogP contribution is 2.29. The van der Waals surface area contributed by atoms with Gasteiger partial charge in [0.25, 0.3) is 5.91 Å². The Morgan fingerprint density at radius 2 is 1.96 bits per heavy atom. The first-order valence-electron chi connectivity index (χ1n) is 7.59. The van der Waals surface area contributed by atoms with Gasteiger partial charge >= 0.3 is 0 Å². The molecule has 0 fully saturated rings. The maximum atomic E-state index is 12.0. The van der Waals surface area contributed by atoms with Gasteiger partial charge in [0.15, 0.2) is 0 Å². The van der Waals surface area contributed by atoms with Crippen molar-refractivity contribution in [3.05, 3.63) is 59.1 Å². The Morgan fingerprint density at radius 1 is 1.16 bits per heavy atom. The van der Waals surface area contributed by atoms with Gasteiger partial charge in [-0.15, -0.1) is 0 Å². The summed E-state index contributed by atoms with van der Waals surface area (Å²) in [7, 11) is 1.59. The van der Waals surface area contributed by atoms with E-state index in [1.807, 2.05) is 19.1 Å². The van der Waals surface area contributed by atoms with Gasteiger partial charge in [-0.05, 0) is 19.1 Å². The molecule has 2 aromatic heterocycles. The summed E-state index contributed by atoms with van der Waals surface area (Å²) in [6, 6.07) is 8.95. The third kappa shape index (κ3) is 3.89. The first-order chi connectivity index (χ1) is 12.1. The van der Waals surface area contributed by atoms with Crippen LogP contribution in [0.4, 0.5) is 23.0 Å². The van der Waals surface area contributed by atoms with Gasteiger partial charge in [-0.3, -0.25) is 4.79 Å². The Balaban J connectivity index is 1.88. The van der Waals surface area contributed by atoms with E-state index in [2.05, 4.69) is 30.9 Å². The van der Waals surface area contributed by atoms with E-state index in [1.165, 1.54) is 6.20 Å². The highest BCUT2D eigenvalue weighted by Gasteiger charge is 2.11. The summed E-state index contributed by atoms with van der Waals surface area (Å²) in [5.74, 6) is 1.85. The minimum Gasteiger partial charge on any atom is -0.355 e. The van der Waals surface area contributed by atoms with Crippen molar-refractivity contribution in [2.45, 2.75) is 6.92 Å². The smallest absolute Gasteiger partial charge is 0.253 e. The number of nitrogens with one attached hydrogen (secondary N) is 4. The van der Waals surface area contributed by atoms with E-state index in [1.54, 1.807) is 31.4 Å². The zero-order valence-corrected chi connectivity index (χ0v) is 14.5. The number of rotatable bonds is 5. The number of aromatic nitrogens is 3. The predicted molar refractivity (Wildman–Crippen MR) is 99.0 cm³/mol. The second-order valence-electron chi connectivity index (χ2n) is 5.30. The van der Waals surface area contributed by atoms with Crippen molar-refractivity contribution in [2.24, 2.45) is 0 Å². The van der Waals surface area contributed by atoms with Crippen LogP contribution < -0.4 is 16.0 Å². The van der Waals surface area contributed by atoms with E-state index in [9.17, 15) is 4.79 Å². The molecule has 0 spiro atoms. The van der Waals surface area contributed by atoms with Gasteiger partial charge in [0.05, 0.1) is 28.2 Å². The fourth-order valence-electron chi connectivity index (χ4n) is 2.29. The van der Waals surface area contributed by atoms with Crippen molar-refractivity contribution < 1.29 is 4.79 Å². The Kier molecular flexibility index (Phi) is 4.85. The van der Waals surface area contributed by atoms with Crippen LogP contribution in [-0.2, 0) is 0 Å². The third-order valence-corrected chi connectivity index (χ3v) is 3.79. The van der Waals surface area contributed by atoms with Crippen molar-refractivity contribution in [2.75, 3.05) is 17.7 Å². The summed E-state index contributed by atoms with van der Waals surface area (Å²) in [5, 5.41) is 9.34. The summed E-state index contributed by atoms with van der Waals surface area (Å²) in [4.78, 5) is 23.5. The lowest BCUT2D eigenvalue weighted by molar-refractivity contribution is 0.0964. The van der Waals surface area contributed by atoms with Crippen LogP contribution in [0.15, 0.2) is 42.7 Å². The maximum absolute atomic E-state index is 12.0. The minimum atomic E-state index is -0.182. The average molecular weight is 357 g/mol. The molecule has 25 heavy (non-hydrogen) atoms. The molecular formula is C17H17ClN6O. The summed E-state index contributed by atoms with van der Waals surface area (Å²) in [5.41, 5.74) is 1.80.